The van der Waals surface area contributed by atoms with Crippen LogP contribution in [-0.4, -0.2) is 7.05 Å². The lowest BCUT2D eigenvalue weighted by atomic mass is 10.2. The van der Waals surface area contributed by atoms with Crippen molar-refractivity contribution in [1.82, 2.24) is 5.32 Å². The lowest BCUT2D eigenvalue weighted by Gasteiger charge is -2.09. The first-order valence-electron chi connectivity index (χ1n) is 5.87. The van der Waals surface area contributed by atoms with E-state index in [1.54, 1.807) is 25.1 Å². The van der Waals surface area contributed by atoms with Gasteiger partial charge >= 0.3 is 0 Å². The molecule has 2 rings (SSSR count). The van der Waals surface area contributed by atoms with Gasteiger partial charge in [-0.25, -0.2) is 4.39 Å². The maximum Gasteiger partial charge on any atom is 0.168 e. The second-order valence-corrected chi connectivity index (χ2v) is 4.17. The molecule has 0 heterocycles. The highest BCUT2D eigenvalue weighted by molar-refractivity contribution is 5.36. The summed E-state index contributed by atoms with van der Waals surface area (Å²) in [7, 11) is 1.88. The molecule has 0 aromatic heterocycles. The number of rotatable bonds is 4. The van der Waals surface area contributed by atoms with Crippen molar-refractivity contribution in [1.29, 1.82) is 0 Å². The van der Waals surface area contributed by atoms with E-state index in [-0.39, 0.29) is 11.6 Å². The Balaban J connectivity index is 2.23. The number of halogens is 1. The predicted molar refractivity (Wildman–Crippen MR) is 70.4 cm³/mol. The van der Waals surface area contributed by atoms with Gasteiger partial charge in [0, 0.05) is 6.54 Å². The number of nitrogens with one attached hydrogen (secondary N) is 1. The molecule has 0 bridgehead atoms. The highest BCUT2D eigenvalue weighted by atomic mass is 19.1. The van der Waals surface area contributed by atoms with Crippen molar-refractivity contribution in [3.63, 3.8) is 0 Å². The van der Waals surface area contributed by atoms with Crippen LogP contribution in [-0.2, 0) is 6.54 Å². The molecule has 0 aliphatic rings. The molecule has 94 valence electrons. The maximum atomic E-state index is 13.8. The van der Waals surface area contributed by atoms with Crippen LogP contribution in [0.2, 0.25) is 0 Å². The molecule has 0 aliphatic carbocycles. The van der Waals surface area contributed by atoms with Gasteiger partial charge in [0.1, 0.15) is 5.75 Å². The summed E-state index contributed by atoms with van der Waals surface area (Å²) >= 11 is 0. The van der Waals surface area contributed by atoms with Crippen LogP contribution in [0.5, 0.6) is 11.5 Å². The maximum absolute atomic E-state index is 13.8. The average Bonchev–Trinajstić information content (AvgIpc) is 2.36. The molecule has 0 saturated heterocycles. The Morgan fingerprint density at radius 3 is 2.72 bits per heavy atom. The summed E-state index contributed by atoms with van der Waals surface area (Å²) in [5.41, 5.74) is 1.68. The SMILES string of the molecule is CNCc1cccc(Oc2cccc(C)c2F)c1. The summed E-state index contributed by atoms with van der Waals surface area (Å²) in [6, 6.07) is 12.8. The van der Waals surface area contributed by atoms with E-state index in [2.05, 4.69) is 5.32 Å². The van der Waals surface area contributed by atoms with Crippen molar-refractivity contribution in [3.8, 4) is 11.5 Å². The minimum Gasteiger partial charge on any atom is -0.454 e. The minimum atomic E-state index is -0.309. The summed E-state index contributed by atoms with van der Waals surface area (Å²) in [4.78, 5) is 0. The molecule has 0 atom stereocenters. The van der Waals surface area contributed by atoms with Gasteiger partial charge in [0.15, 0.2) is 11.6 Å². The van der Waals surface area contributed by atoms with E-state index in [1.807, 2.05) is 31.3 Å². The van der Waals surface area contributed by atoms with Crippen LogP contribution in [0.15, 0.2) is 42.5 Å². The quantitative estimate of drug-likeness (QED) is 0.887. The predicted octanol–water partition coefficient (Wildman–Crippen LogP) is 3.65. The van der Waals surface area contributed by atoms with Crippen LogP contribution in [0.3, 0.4) is 0 Å². The molecule has 0 unspecified atom stereocenters. The highest BCUT2D eigenvalue weighted by Crippen LogP contribution is 2.26. The van der Waals surface area contributed by atoms with Crippen LogP contribution < -0.4 is 10.1 Å². The smallest absolute Gasteiger partial charge is 0.168 e. The molecule has 0 aliphatic heterocycles. The van der Waals surface area contributed by atoms with Crippen molar-refractivity contribution >= 4 is 0 Å². The third-order valence-electron chi connectivity index (χ3n) is 2.66. The van der Waals surface area contributed by atoms with Gasteiger partial charge in [-0.2, -0.15) is 0 Å². The van der Waals surface area contributed by atoms with Gasteiger partial charge in [-0.1, -0.05) is 24.3 Å². The van der Waals surface area contributed by atoms with Crippen molar-refractivity contribution in [3.05, 3.63) is 59.4 Å². The lowest BCUT2D eigenvalue weighted by molar-refractivity contribution is 0.439. The number of hydrogen-bond acceptors (Lipinski definition) is 2. The van der Waals surface area contributed by atoms with Crippen molar-refractivity contribution in [2.45, 2.75) is 13.5 Å². The Morgan fingerprint density at radius 2 is 1.94 bits per heavy atom. The van der Waals surface area contributed by atoms with Gasteiger partial charge in [0.05, 0.1) is 0 Å². The van der Waals surface area contributed by atoms with Gasteiger partial charge in [-0.05, 0) is 43.3 Å². The molecule has 0 fully saturated rings. The van der Waals surface area contributed by atoms with Gasteiger partial charge in [-0.15, -0.1) is 0 Å². The Labute approximate surface area is 106 Å². The van der Waals surface area contributed by atoms with E-state index in [9.17, 15) is 4.39 Å². The molecule has 2 nitrogen and oxygen atoms in total. The van der Waals surface area contributed by atoms with Gasteiger partial charge < -0.3 is 10.1 Å². The molecule has 18 heavy (non-hydrogen) atoms. The standard InChI is InChI=1S/C15H16FNO/c1-11-5-3-8-14(15(11)16)18-13-7-4-6-12(9-13)10-17-2/h3-9,17H,10H2,1-2H3. The Hall–Kier alpha value is -1.87. The van der Waals surface area contributed by atoms with Crippen molar-refractivity contribution < 1.29 is 9.13 Å². The van der Waals surface area contributed by atoms with Gasteiger partial charge in [0.2, 0.25) is 0 Å². The fourth-order valence-electron chi connectivity index (χ4n) is 1.75. The first-order valence-corrected chi connectivity index (χ1v) is 5.87. The van der Waals surface area contributed by atoms with E-state index < -0.39 is 0 Å². The van der Waals surface area contributed by atoms with Crippen molar-refractivity contribution in [2.24, 2.45) is 0 Å². The fourth-order valence-corrected chi connectivity index (χ4v) is 1.75. The summed E-state index contributed by atoms with van der Waals surface area (Å²) < 4.78 is 19.4. The van der Waals surface area contributed by atoms with Crippen LogP contribution in [0.4, 0.5) is 4.39 Å². The molecular weight excluding hydrogens is 229 g/mol. The zero-order valence-corrected chi connectivity index (χ0v) is 10.5. The van der Waals surface area contributed by atoms with Crippen LogP contribution in [0, 0.1) is 12.7 Å². The highest BCUT2D eigenvalue weighted by Gasteiger charge is 2.07. The van der Waals surface area contributed by atoms with E-state index >= 15 is 0 Å². The zero-order chi connectivity index (χ0) is 13.0. The van der Waals surface area contributed by atoms with Gasteiger partial charge in [0.25, 0.3) is 0 Å². The monoisotopic (exact) mass is 245 g/mol. The molecular formula is C15H16FNO. The Morgan fingerprint density at radius 1 is 1.17 bits per heavy atom. The van der Waals surface area contributed by atoms with Crippen LogP contribution >= 0.6 is 0 Å². The fraction of sp³-hybridized carbons (Fsp3) is 0.200. The lowest BCUT2D eigenvalue weighted by Crippen LogP contribution is -2.04. The summed E-state index contributed by atoms with van der Waals surface area (Å²) in [6.45, 7) is 2.48. The molecule has 0 saturated carbocycles. The molecule has 0 amide bonds. The topological polar surface area (TPSA) is 21.3 Å². The Kier molecular flexibility index (Phi) is 3.95. The molecule has 3 heteroatoms. The summed E-state index contributed by atoms with van der Waals surface area (Å²) in [5.74, 6) is 0.598. The summed E-state index contributed by atoms with van der Waals surface area (Å²) in [5, 5.41) is 3.07. The minimum absolute atomic E-state index is 0.261. The van der Waals surface area contributed by atoms with E-state index in [0.29, 0.717) is 11.3 Å². The number of aryl methyl sites for hydroxylation is 1. The normalized spacial score (nSPS) is 10.4. The molecule has 2 aromatic rings. The summed E-state index contributed by atoms with van der Waals surface area (Å²) in [6.07, 6.45) is 0. The first kappa shape index (κ1) is 12.6. The third kappa shape index (κ3) is 2.87. The molecule has 0 radical (unpaired) electrons. The average molecular weight is 245 g/mol. The van der Waals surface area contributed by atoms with Crippen LogP contribution in [0.1, 0.15) is 11.1 Å². The van der Waals surface area contributed by atoms with Crippen molar-refractivity contribution in [2.75, 3.05) is 7.05 Å². The largest absolute Gasteiger partial charge is 0.454 e. The number of ether oxygens (including phenoxy) is 1. The Bertz CT molecular complexity index is 540. The van der Waals surface area contributed by atoms with E-state index in [1.165, 1.54) is 0 Å². The molecule has 2 aromatic carbocycles. The zero-order valence-electron chi connectivity index (χ0n) is 10.5. The number of hydrogen-bond donors (Lipinski definition) is 1. The third-order valence-corrected chi connectivity index (χ3v) is 2.66. The van der Waals surface area contributed by atoms with Crippen LogP contribution in [0.25, 0.3) is 0 Å². The van der Waals surface area contributed by atoms with Gasteiger partial charge in [-0.3, -0.25) is 0 Å². The van der Waals surface area contributed by atoms with E-state index in [4.69, 9.17) is 4.74 Å². The molecule has 1 N–H and O–H groups in total. The van der Waals surface area contributed by atoms with E-state index in [0.717, 1.165) is 12.1 Å². The second kappa shape index (κ2) is 5.65. The first-order chi connectivity index (χ1) is 8.70. The second-order valence-electron chi connectivity index (χ2n) is 4.17. The number of benzene rings is 2. The molecule has 0 spiro atoms.